The van der Waals surface area contributed by atoms with E-state index in [9.17, 15) is 9.59 Å². The Morgan fingerprint density at radius 3 is 2.58 bits per heavy atom. The first kappa shape index (κ1) is 15.3. The van der Waals surface area contributed by atoms with Crippen molar-refractivity contribution < 1.29 is 14.3 Å². The third-order valence-corrected chi connectivity index (χ3v) is 3.14. The van der Waals surface area contributed by atoms with Crippen LogP contribution in [0.5, 0.6) is 0 Å². The molecule has 1 aromatic rings. The molecule has 19 heavy (non-hydrogen) atoms. The second-order valence-corrected chi connectivity index (χ2v) is 4.69. The molecule has 1 rings (SSSR count). The number of hydrogen-bond acceptors (Lipinski definition) is 4. The molecule has 0 spiro atoms. The van der Waals surface area contributed by atoms with Gasteiger partial charge < -0.3 is 10.1 Å². The van der Waals surface area contributed by atoms with E-state index in [1.54, 1.807) is 30.0 Å². The monoisotopic (exact) mass is 279 g/mol. The van der Waals surface area contributed by atoms with Crippen molar-refractivity contribution in [1.82, 2.24) is 5.32 Å². The van der Waals surface area contributed by atoms with Crippen molar-refractivity contribution in [2.24, 2.45) is 0 Å². The predicted molar refractivity (Wildman–Crippen MR) is 76.3 cm³/mol. The van der Waals surface area contributed by atoms with Crippen molar-refractivity contribution in [2.45, 2.75) is 17.9 Å². The van der Waals surface area contributed by atoms with Gasteiger partial charge in [-0.2, -0.15) is 0 Å². The smallest absolute Gasteiger partial charge is 0.338 e. The minimum Gasteiger partial charge on any atom is -0.449 e. The van der Waals surface area contributed by atoms with Gasteiger partial charge in [-0.3, -0.25) is 4.79 Å². The zero-order valence-corrected chi connectivity index (χ0v) is 11.8. The summed E-state index contributed by atoms with van der Waals surface area (Å²) in [4.78, 5) is 24.4. The number of amides is 1. The molecule has 0 aliphatic heterocycles. The Morgan fingerprint density at radius 1 is 1.42 bits per heavy atom. The van der Waals surface area contributed by atoms with Crippen LogP contribution in [-0.4, -0.2) is 30.8 Å². The maximum atomic E-state index is 11.8. The Hall–Kier alpha value is -1.75. The molecule has 102 valence electrons. The van der Waals surface area contributed by atoms with Crippen molar-refractivity contribution in [3.05, 3.63) is 42.5 Å². The number of carbonyl (C=O) groups is 2. The molecule has 0 saturated carbocycles. The van der Waals surface area contributed by atoms with Crippen LogP contribution in [0.3, 0.4) is 0 Å². The second-order valence-electron chi connectivity index (χ2n) is 3.81. The molecule has 0 aliphatic rings. The van der Waals surface area contributed by atoms with E-state index in [1.807, 2.05) is 18.4 Å². The average Bonchev–Trinajstić information content (AvgIpc) is 2.44. The maximum absolute atomic E-state index is 11.8. The second kappa shape index (κ2) is 7.63. The molecule has 1 N–H and O–H groups in total. The number of nitrogens with one attached hydrogen (secondary N) is 1. The van der Waals surface area contributed by atoms with Gasteiger partial charge in [0.2, 0.25) is 0 Å². The number of hydrogen-bond donors (Lipinski definition) is 1. The topological polar surface area (TPSA) is 55.4 Å². The van der Waals surface area contributed by atoms with E-state index < -0.39 is 12.1 Å². The minimum atomic E-state index is -0.826. The van der Waals surface area contributed by atoms with Gasteiger partial charge in [-0.05, 0) is 37.4 Å². The highest BCUT2D eigenvalue weighted by Gasteiger charge is 2.18. The SMILES string of the molecule is C=CCNC(=O)[C@@H](C)OC(=O)c1ccc(SC)cc1. The largest absolute Gasteiger partial charge is 0.449 e. The highest BCUT2D eigenvalue weighted by atomic mass is 32.2. The first-order chi connectivity index (χ1) is 9.08. The number of benzene rings is 1. The van der Waals surface area contributed by atoms with Gasteiger partial charge in [0.1, 0.15) is 0 Å². The third kappa shape index (κ3) is 4.79. The van der Waals surface area contributed by atoms with Gasteiger partial charge in [-0.1, -0.05) is 6.08 Å². The summed E-state index contributed by atoms with van der Waals surface area (Å²) in [5, 5.41) is 2.57. The standard InChI is InChI=1S/C14H17NO3S/c1-4-9-15-13(16)10(2)18-14(17)11-5-7-12(19-3)8-6-11/h4-8,10H,1,9H2,2-3H3,(H,15,16)/t10-/m1/s1. The van der Waals surface area contributed by atoms with Crippen LogP contribution in [0.4, 0.5) is 0 Å². The fourth-order valence-electron chi connectivity index (χ4n) is 1.33. The lowest BCUT2D eigenvalue weighted by Gasteiger charge is -2.12. The molecule has 0 radical (unpaired) electrons. The van der Waals surface area contributed by atoms with Crippen LogP contribution in [0.1, 0.15) is 17.3 Å². The third-order valence-electron chi connectivity index (χ3n) is 2.40. The summed E-state index contributed by atoms with van der Waals surface area (Å²) in [6.07, 6.45) is 2.69. The zero-order chi connectivity index (χ0) is 14.3. The fourth-order valence-corrected chi connectivity index (χ4v) is 1.73. The number of carbonyl (C=O) groups excluding carboxylic acids is 2. The van der Waals surface area contributed by atoms with Crippen LogP contribution in [0.15, 0.2) is 41.8 Å². The molecule has 0 heterocycles. The maximum Gasteiger partial charge on any atom is 0.338 e. The van der Waals surface area contributed by atoms with Gasteiger partial charge in [0.15, 0.2) is 6.10 Å². The van der Waals surface area contributed by atoms with Crippen molar-refractivity contribution in [2.75, 3.05) is 12.8 Å². The van der Waals surface area contributed by atoms with E-state index in [1.165, 1.54) is 6.92 Å². The highest BCUT2D eigenvalue weighted by molar-refractivity contribution is 7.98. The summed E-state index contributed by atoms with van der Waals surface area (Å²) in [6, 6.07) is 7.04. The van der Waals surface area contributed by atoms with E-state index in [0.717, 1.165) is 4.90 Å². The van der Waals surface area contributed by atoms with E-state index in [2.05, 4.69) is 11.9 Å². The van der Waals surface area contributed by atoms with Gasteiger partial charge in [0.25, 0.3) is 5.91 Å². The molecule has 4 nitrogen and oxygen atoms in total. The van der Waals surface area contributed by atoms with Crippen LogP contribution in [0.25, 0.3) is 0 Å². The molecular formula is C14H17NO3S. The van der Waals surface area contributed by atoms with E-state index in [-0.39, 0.29) is 5.91 Å². The number of thioether (sulfide) groups is 1. The Bertz CT molecular complexity index is 456. The normalized spacial score (nSPS) is 11.5. The molecular weight excluding hydrogens is 262 g/mol. The Morgan fingerprint density at radius 2 is 2.05 bits per heavy atom. The van der Waals surface area contributed by atoms with Gasteiger partial charge in [0, 0.05) is 11.4 Å². The van der Waals surface area contributed by atoms with Gasteiger partial charge >= 0.3 is 5.97 Å². The molecule has 0 aromatic heterocycles. The van der Waals surface area contributed by atoms with Crippen molar-refractivity contribution >= 4 is 23.6 Å². The van der Waals surface area contributed by atoms with E-state index in [4.69, 9.17) is 4.74 Å². The Balaban J connectivity index is 2.57. The quantitative estimate of drug-likeness (QED) is 0.493. The van der Waals surface area contributed by atoms with Gasteiger partial charge in [-0.15, -0.1) is 18.3 Å². The summed E-state index contributed by atoms with van der Waals surface area (Å²) in [5.41, 5.74) is 0.432. The molecule has 0 fully saturated rings. The molecule has 0 aliphatic carbocycles. The highest BCUT2D eigenvalue weighted by Crippen LogP contribution is 2.15. The Labute approximate surface area is 117 Å². The molecule has 0 bridgehead atoms. The molecule has 5 heteroatoms. The lowest BCUT2D eigenvalue weighted by Crippen LogP contribution is -2.35. The number of rotatable bonds is 6. The average molecular weight is 279 g/mol. The molecule has 0 unspecified atom stereocenters. The molecule has 1 amide bonds. The van der Waals surface area contributed by atoms with Gasteiger partial charge in [-0.25, -0.2) is 4.79 Å². The Kier molecular flexibility index (Phi) is 6.15. The molecule has 1 atom stereocenters. The van der Waals surface area contributed by atoms with Crippen molar-refractivity contribution in [3.63, 3.8) is 0 Å². The summed E-state index contributed by atoms with van der Waals surface area (Å²) in [7, 11) is 0. The lowest BCUT2D eigenvalue weighted by molar-refractivity contribution is -0.128. The van der Waals surface area contributed by atoms with Gasteiger partial charge in [0.05, 0.1) is 5.56 Å². The van der Waals surface area contributed by atoms with Crippen LogP contribution >= 0.6 is 11.8 Å². The first-order valence-electron chi connectivity index (χ1n) is 5.82. The lowest BCUT2D eigenvalue weighted by atomic mass is 10.2. The van der Waals surface area contributed by atoms with Crippen LogP contribution in [-0.2, 0) is 9.53 Å². The van der Waals surface area contributed by atoms with Crippen molar-refractivity contribution in [1.29, 1.82) is 0 Å². The van der Waals surface area contributed by atoms with E-state index >= 15 is 0 Å². The zero-order valence-electron chi connectivity index (χ0n) is 11.0. The summed E-state index contributed by atoms with van der Waals surface area (Å²) < 4.78 is 5.08. The number of esters is 1. The molecule has 1 aromatic carbocycles. The summed E-state index contributed by atoms with van der Waals surface area (Å²) in [5.74, 6) is -0.845. The van der Waals surface area contributed by atoms with E-state index in [0.29, 0.717) is 12.1 Å². The number of ether oxygens (including phenoxy) is 1. The summed E-state index contributed by atoms with van der Waals surface area (Å²) in [6.45, 7) is 5.38. The van der Waals surface area contributed by atoms with Crippen LogP contribution in [0.2, 0.25) is 0 Å². The first-order valence-corrected chi connectivity index (χ1v) is 7.04. The van der Waals surface area contributed by atoms with Crippen LogP contribution < -0.4 is 5.32 Å². The predicted octanol–water partition coefficient (Wildman–Crippen LogP) is 2.26. The fraction of sp³-hybridized carbons (Fsp3) is 0.286. The van der Waals surface area contributed by atoms with Crippen LogP contribution in [0, 0.1) is 0 Å². The molecule has 0 saturated heterocycles. The van der Waals surface area contributed by atoms with Crippen molar-refractivity contribution in [3.8, 4) is 0 Å². The minimum absolute atomic E-state index is 0.339. The summed E-state index contributed by atoms with van der Waals surface area (Å²) >= 11 is 1.59.